The molecule has 0 bridgehead atoms. The lowest BCUT2D eigenvalue weighted by atomic mass is 9.57. The Morgan fingerprint density at radius 2 is 1.68 bits per heavy atom. The van der Waals surface area contributed by atoms with Crippen LogP contribution in [0.4, 0.5) is 4.39 Å². The maximum atomic E-state index is 13.5. The second kappa shape index (κ2) is 11.2. The minimum absolute atomic E-state index is 0.103. The number of benzene rings is 2. The molecule has 1 N–H and O–H groups in total. The van der Waals surface area contributed by atoms with Gasteiger partial charge in [0, 0.05) is 0 Å². The largest absolute Gasteiger partial charge is 0.543 e. The van der Waals surface area contributed by atoms with Crippen LogP contribution in [-0.4, -0.2) is 23.2 Å². The summed E-state index contributed by atoms with van der Waals surface area (Å²) in [5.41, 5.74) is 7.92. The summed E-state index contributed by atoms with van der Waals surface area (Å²) >= 11 is 0. The molecular formula is C35H47FN2O2Si. The maximum absolute atomic E-state index is 13.5. The second-order valence-electron chi connectivity index (χ2n) is 13.6. The quantitative estimate of drug-likeness (QED) is 0.273. The van der Waals surface area contributed by atoms with E-state index in [0.717, 1.165) is 53.9 Å². The lowest BCUT2D eigenvalue weighted by Gasteiger charge is -2.48. The van der Waals surface area contributed by atoms with Gasteiger partial charge < -0.3 is 9.53 Å². The number of halogens is 1. The third-order valence-corrected chi connectivity index (χ3v) is 16.2. The molecule has 220 valence electrons. The highest BCUT2D eigenvalue weighted by Gasteiger charge is 2.48. The normalized spacial score (nSPS) is 21.6. The van der Waals surface area contributed by atoms with E-state index in [1.165, 1.54) is 23.3 Å². The number of allylic oxidation sites excluding steroid dienone is 1. The van der Waals surface area contributed by atoms with Gasteiger partial charge in [0.1, 0.15) is 11.6 Å². The summed E-state index contributed by atoms with van der Waals surface area (Å²) in [4.78, 5) is 0. The van der Waals surface area contributed by atoms with E-state index in [9.17, 15) is 9.50 Å². The van der Waals surface area contributed by atoms with Crippen molar-refractivity contribution in [3.8, 4) is 11.4 Å². The molecule has 0 saturated heterocycles. The van der Waals surface area contributed by atoms with Crippen LogP contribution < -0.4 is 4.43 Å². The van der Waals surface area contributed by atoms with Crippen LogP contribution in [0.25, 0.3) is 11.8 Å². The maximum Gasteiger partial charge on any atom is 0.258 e. The summed E-state index contributed by atoms with van der Waals surface area (Å²) in [5, 5.41) is 16.6. The molecule has 6 heteroatoms. The average molecular weight is 575 g/mol. The van der Waals surface area contributed by atoms with Gasteiger partial charge in [0.2, 0.25) is 0 Å². The summed E-state index contributed by atoms with van der Waals surface area (Å²) in [5.74, 6) is 0.821. The molecule has 2 aromatic carbocycles. The lowest BCUT2D eigenvalue weighted by molar-refractivity contribution is 0.0216. The molecule has 4 nitrogen and oxygen atoms in total. The highest BCUT2D eigenvalue weighted by molar-refractivity contribution is 6.78. The van der Waals surface area contributed by atoms with Gasteiger partial charge in [-0.15, -0.1) is 0 Å². The molecule has 3 aromatic rings. The monoisotopic (exact) mass is 574 g/mol. The summed E-state index contributed by atoms with van der Waals surface area (Å²) < 4.78 is 22.5. The molecule has 2 aliphatic rings. The fourth-order valence-electron chi connectivity index (χ4n) is 8.12. The molecule has 5 rings (SSSR count). The molecule has 3 unspecified atom stereocenters. The molecule has 41 heavy (non-hydrogen) atoms. The summed E-state index contributed by atoms with van der Waals surface area (Å²) in [6.45, 7) is 18.3. The van der Waals surface area contributed by atoms with Gasteiger partial charge in [-0.05, 0) is 120 Å². The first-order valence-corrected chi connectivity index (χ1v) is 17.5. The van der Waals surface area contributed by atoms with Gasteiger partial charge in [0.25, 0.3) is 8.32 Å². The molecule has 1 aromatic heterocycles. The average Bonchev–Trinajstić information content (AvgIpc) is 3.31. The molecule has 0 radical (unpaired) electrons. The molecule has 1 saturated carbocycles. The van der Waals surface area contributed by atoms with Gasteiger partial charge in [0.15, 0.2) is 0 Å². The lowest BCUT2D eigenvalue weighted by Crippen LogP contribution is -2.50. The minimum atomic E-state index is -2.07. The van der Waals surface area contributed by atoms with Crippen molar-refractivity contribution in [2.75, 3.05) is 0 Å². The molecule has 0 amide bonds. The Hall–Kier alpha value is -2.70. The third kappa shape index (κ3) is 5.12. The molecule has 0 aliphatic heterocycles. The fourth-order valence-corrected chi connectivity index (χ4v) is 13.4. The van der Waals surface area contributed by atoms with Crippen molar-refractivity contribution in [2.24, 2.45) is 11.3 Å². The van der Waals surface area contributed by atoms with E-state index in [2.05, 4.69) is 84.8 Å². The van der Waals surface area contributed by atoms with Gasteiger partial charge in [-0.1, -0.05) is 60.1 Å². The Morgan fingerprint density at radius 3 is 2.29 bits per heavy atom. The van der Waals surface area contributed by atoms with E-state index in [0.29, 0.717) is 16.6 Å². The van der Waals surface area contributed by atoms with E-state index in [1.807, 2.05) is 10.9 Å². The van der Waals surface area contributed by atoms with Crippen molar-refractivity contribution in [2.45, 2.75) is 104 Å². The Balaban J connectivity index is 1.43. The van der Waals surface area contributed by atoms with Crippen molar-refractivity contribution in [1.29, 1.82) is 0 Å². The zero-order chi connectivity index (χ0) is 29.7. The number of aliphatic hydroxyl groups is 1. The van der Waals surface area contributed by atoms with Crippen molar-refractivity contribution >= 4 is 14.4 Å². The van der Waals surface area contributed by atoms with Gasteiger partial charge in [-0.2, -0.15) is 5.10 Å². The van der Waals surface area contributed by atoms with E-state index in [4.69, 9.17) is 4.43 Å². The van der Waals surface area contributed by atoms with Crippen LogP contribution in [0.3, 0.4) is 0 Å². The highest BCUT2D eigenvalue weighted by Crippen LogP contribution is 2.55. The van der Waals surface area contributed by atoms with Crippen molar-refractivity contribution in [3.05, 3.63) is 82.4 Å². The number of aryl methyl sites for hydroxylation is 1. The van der Waals surface area contributed by atoms with E-state index in [1.54, 1.807) is 12.1 Å². The number of nitrogens with zero attached hydrogens (tertiary/aromatic N) is 2. The predicted octanol–water partition coefficient (Wildman–Crippen LogP) is 9.35. The van der Waals surface area contributed by atoms with Crippen molar-refractivity contribution in [1.82, 2.24) is 9.78 Å². The summed E-state index contributed by atoms with van der Waals surface area (Å²) in [6.07, 6.45) is 7.55. The van der Waals surface area contributed by atoms with Gasteiger partial charge >= 0.3 is 0 Å². The van der Waals surface area contributed by atoms with Crippen LogP contribution in [0, 0.1) is 24.1 Å². The van der Waals surface area contributed by atoms with Crippen molar-refractivity contribution in [3.63, 3.8) is 0 Å². The minimum Gasteiger partial charge on any atom is -0.543 e. The van der Waals surface area contributed by atoms with Crippen LogP contribution in [-0.2, 0) is 6.42 Å². The summed E-state index contributed by atoms with van der Waals surface area (Å²) in [7, 11) is -2.07. The highest BCUT2D eigenvalue weighted by atomic mass is 28.4. The smallest absolute Gasteiger partial charge is 0.258 e. The molecule has 2 aliphatic carbocycles. The standard InChI is InChI=1S/C35H47FN2O2Si/c1-22(2)41(23(3)4,24(5)6)40-33-17-12-26(18-25(33)7)34(39)31-11-9-10-28-19-32-27(20-35(28,31)8)21-37-38(32)30-15-13-29(36)14-16-30/h12-19,21-24,31,34,39H,9-11,20H2,1-8H3. The van der Waals surface area contributed by atoms with Crippen LogP contribution >= 0.6 is 0 Å². The molecule has 1 heterocycles. The van der Waals surface area contributed by atoms with Crippen LogP contribution in [0.1, 0.15) is 96.2 Å². The Kier molecular flexibility index (Phi) is 8.12. The van der Waals surface area contributed by atoms with Gasteiger partial charge in [-0.3, -0.25) is 0 Å². The van der Waals surface area contributed by atoms with Gasteiger partial charge in [-0.25, -0.2) is 9.07 Å². The molecule has 0 spiro atoms. The zero-order valence-electron chi connectivity index (χ0n) is 26.0. The first kappa shape index (κ1) is 29.8. The number of aliphatic hydroxyl groups excluding tert-OH is 1. The second-order valence-corrected chi connectivity index (χ2v) is 19.0. The van der Waals surface area contributed by atoms with E-state index < -0.39 is 14.4 Å². The van der Waals surface area contributed by atoms with Crippen molar-refractivity contribution < 1.29 is 13.9 Å². The predicted molar refractivity (Wildman–Crippen MR) is 168 cm³/mol. The SMILES string of the molecule is Cc1cc(C(O)C2CCCC3=Cc4c(cnn4-c4ccc(F)cc4)CC32C)ccc1O[Si](C(C)C)(C(C)C)C(C)C. The first-order valence-electron chi connectivity index (χ1n) is 15.4. The molecular weight excluding hydrogens is 527 g/mol. The number of rotatable bonds is 8. The molecule has 3 atom stereocenters. The number of hydrogen-bond acceptors (Lipinski definition) is 3. The van der Waals surface area contributed by atoms with Crippen LogP contribution in [0.15, 0.2) is 54.2 Å². The number of hydrogen-bond donors (Lipinski definition) is 1. The van der Waals surface area contributed by atoms with Crippen LogP contribution in [0.2, 0.25) is 16.6 Å². The number of aromatic nitrogens is 2. The number of fused-ring (bicyclic) bond motifs is 2. The first-order chi connectivity index (χ1) is 19.4. The Bertz CT molecular complexity index is 1400. The topological polar surface area (TPSA) is 47.3 Å². The van der Waals surface area contributed by atoms with Gasteiger partial charge in [0.05, 0.1) is 23.7 Å². The zero-order valence-corrected chi connectivity index (χ0v) is 27.0. The molecule has 1 fully saturated rings. The van der Waals surface area contributed by atoms with E-state index >= 15 is 0 Å². The summed E-state index contributed by atoms with van der Waals surface area (Å²) in [6, 6.07) is 12.9. The van der Waals surface area contributed by atoms with Crippen LogP contribution in [0.5, 0.6) is 5.75 Å². The fraction of sp³-hybridized carbons (Fsp3) is 0.514. The third-order valence-electron chi connectivity index (χ3n) is 10.3. The Morgan fingerprint density at radius 1 is 1.02 bits per heavy atom. The van der Waals surface area contributed by atoms with E-state index in [-0.39, 0.29) is 17.2 Å². The Labute approximate surface area is 246 Å².